The van der Waals surface area contributed by atoms with E-state index in [0.717, 1.165) is 27.1 Å². The molecule has 0 aliphatic carbocycles. The predicted octanol–water partition coefficient (Wildman–Crippen LogP) is 4.81. The van der Waals surface area contributed by atoms with Crippen LogP contribution in [0.15, 0.2) is 35.2 Å². The minimum Gasteiger partial charge on any atom is -0.505 e. The molecule has 0 spiro atoms. The maximum Gasteiger partial charge on any atom is 0.146 e. The molecule has 28 heavy (non-hydrogen) atoms. The zero-order chi connectivity index (χ0) is 20.7. The maximum absolute atomic E-state index is 11.0. The summed E-state index contributed by atoms with van der Waals surface area (Å²) in [7, 11) is 0. The summed E-state index contributed by atoms with van der Waals surface area (Å²) in [4.78, 5) is 2.57. The molecule has 3 rings (SSSR count). The van der Waals surface area contributed by atoms with Gasteiger partial charge in [-0.3, -0.25) is 0 Å². The number of phenols is 1. The van der Waals surface area contributed by atoms with E-state index >= 15 is 0 Å². The largest absolute Gasteiger partial charge is 0.505 e. The minimum atomic E-state index is -0.208. The van der Waals surface area contributed by atoms with Crippen LogP contribution >= 0.6 is 11.8 Å². The molecule has 6 heteroatoms. The number of aliphatic hydroxyl groups is 1. The van der Waals surface area contributed by atoms with Crippen LogP contribution in [0.4, 0.5) is 0 Å². The van der Waals surface area contributed by atoms with Crippen LogP contribution in [-0.4, -0.2) is 37.6 Å². The second-order valence-electron chi connectivity index (χ2n) is 9.10. The molecule has 0 unspecified atom stereocenters. The van der Waals surface area contributed by atoms with Crippen LogP contribution in [-0.2, 0) is 10.8 Å². The minimum absolute atomic E-state index is 0.0663. The third-order valence-electron chi connectivity index (χ3n) is 4.69. The molecular weight excluding hydrogens is 370 g/mol. The second kappa shape index (κ2) is 7.41. The van der Waals surface area contributed by atoms with Crippen molar-refractivity contribution in [3.8, 4) is 11.4 Å². The Labute approximate surface area is 170 Å². The molecule has 0 saturated carbocycles. The number of hydrogen-bond donors (Lipinski definition) is 2. The summed E-state index contributed by atoms with van der Waals surface area (Å²) in [5.74, 6) is 0.860. The van der Waals surface area contributed by atoms with Gasteiger partial charge in [0.15, 0.2) is 0 Å². The monoisotopic (exact) mass is 399 g/mol. The number of aromatic hydroxyl groups is 1. The molecule has 0 radical (unpaired) electrons. The van der Waals surface area contributed by atoms with Gasteiger partial charge in [-0.05, 0) is 40.7 Å². The highest BCUT2D eigenvalue weighted by molar-refractivity contribution is 7.99. The summed E-state index contributed by atoms with van der Waals surface area (Å²) in [6.45, 7) is 12.9. The Morgan fingerprint density at radius 2 is 1.61 bits per heavy atom. The van der Waals surface area contributed by atoms with E-state index in [1.807, 2.05) is 24.3 Å². The highest BCUT2D eigenvalue weighted by Gasteiger charge is 2.26. The van der Waals surface area contributed by atoms with Gasteiger partial charge in [0.1, 0.15) is 22.5 Å². The number of thioether (sulfide) groups is 1. The fraction of sp³-hybridized carbons (Fsp3) is 0.455. The van der Waals surface area contributed by atoms with Crippen LogP contribution in [0.5, 0.6) is 5.75 Å². The molecule has 2 N–H and O–H groups in total. The highest BCUT2D eigenvalue weighted by Crippen LogP contribution is 2.39. The normalized spacial score (nSPS) is 12.7. The van der Waals surface area contributed by atoms with Crippen molar-refractivity contribution in [1.29, 1.82) is 0 Å². The highest BCUT2D eigenvalue weighted by atomic mass is 32.2. The van der Waals surface area contributed by atoms with Crippen LogP contribution in [0.25, 0.3) is 16.7 Å². The van der Waals surface area contributed by atoms with Crippen LogP contribution in [0.1, 0.15) is 52.7 Å². The molecule has 1 heterocycles. The smallest absolute Gasteiger partial charge is 0.146 e. The number of hydrogen-bond acceptors (Lipinski definition) is 5. The van der Waals surface area contributed by atoms with Gasteiger partial charge in [0.05, 0.1) is 6.61 Å². The summed E-state index contributed by atoms with van der Waals surface area (Å²) in [6.07, 6.45) is 0. The fourth-order valence-electron chi connectivity index (χ4n) is 3.03. The molecule has 150 valence electrons. The second-order valence-corrected chi connectivity index (χ2v) is 10.3. The Morgan fingerprint density at radius 1 is 0.929 bits per heavy atom. The summed E-state index contributed by atoms with van der Waals surface area (Å²) in [5.41, 5.74) is 3.87. The lowest BCUT2D eigenvalue weighted by Crippen LogP contribution is -2.18. The van der Waals surface area contributed by atoms with E-state index in [-0.39, 0.29) is 23.2 Å². The molecule has 0 atom stereocenters. The predicted molar refractivity (Wildman–Crippen MR) is 116 cm³/mol. The molecule has 0 amide bonds. The Kier molecular flexibility index (Phi) is 5.47. The van der Waals surface area contributed by atoms with Gasteiger partial charge in [0.25, 0.3) is 0 Å². The first-order chi connectivity index (χ1) is 13.0. The van der Waals surface area contributed by atoms with Crippen LogP contribution in [0, 0.1) is 0 Å². The van der Waals surface area contributed by atoms with Crippen molar-refractivity contribution in [2.45, 2.75) is 57.3 Å². The summed E-state index contributed by atoms with van der Waals surface area (Å²) in [5, 5.41) is 29.3. The molecule has 2 aromatic carbocycles. The Hall–Kier alpha value is -2.05. The van der Waals surface area contributed by atoms with Crippen LogP contribution in [0.2, 0.25) is 0 Å². The first kappa shape index (κ1) is 20.7. The molecule has 0 saturated heterocycles. The van der Waals surface area contributed by atoms with Gasteiger partial charge in [-0.2, -0.15) is 0 Å². The van der Waals surface area contributed by atoms with Crippen molar-refractivity contribution in [2.75, 3.05) is 12.4 Å². The lowest BCUT2D eigenvalue weighted by Gasteiger charge is -2.27. The van der Waals surface area contributed by atoms with Gasteiger partial charge < -0.3 is 10.2 Å². The van der Waals surface area contributed by atoms with Crippen LogP contribution < -0.4 is 0 Å². The molecule has 1 aromatic heterocycles. The quantitative estimate of drug-likeness (QED) is 0.616. The van der Waals surface area contributed by atoms with E-state index in [1.54, 1.807) is 11.8 Å². The summed E-state index contributed by atoms with van der Waals surface area (Å²) in [6, 6.07) is 9.94. The molecule has 0 bridgehead atoms. The number of benzene rings is 2. The Balaban J connectivity index is 2.16. The molecule has 5 nitrogen and oxygen atoms in total. The average molecular weight is 400 g/mol. The molecular formula is C22H29N3O2S. The number of phenolic OH excluding ortho intramolecular Hbond substituents is 1. The van der Waals surface area contributed by atoms with Gasteiger partial charge in [0.2, 0.25) is 0 Å². The topological polar surface area (TPSA) is 71.2 Å². The van der Waals surface area contributed by atoms with Gasteiger partial charge in [-0.1, -0.05) is 47.6 Å². The Bertz CT molecular complexity index is 997. The van der Waals surface area contributed by atoms with Crippen molar-refractivity contribution in [3.05, 3.63) is 41.5 Å². The third kappa shape index (κ3) is 4.18. The molecule has 0 fully saturated rings. The van der Waals surface area contributed by atoms with Crippen molar-refractivity contribution < 1.29 is 10.2 Å². The number of rotatable bonds is 4. The SMILES string of the molecule is CC(C)(C)c1cc(-n2nc3ccc(SCCO)cc3n2)c(O)c(C(C)(C)C)c1. The lowest BCUT2D eigenvalue weighted by molar-refractivity contribution is 0.322. The molecule has 3 aromatic rings. The summed E-state index contributed by atoms with van der Waals surface area (Å²) < 4.78 is 0. The van der Waals surface area contributed by atoms with Gasteiger partial charge in [-0.25, -0.2) is 0 Å². The first-order valence-electron chi connectivity index (χ1n) is 9.50. The van der Waals surface area contributed by atoms with Crippen molar-refractivity contribution >= 4 is 22.8 Å². The number of fused-ring (bicyclic) bond motifs is 1. The lowest BCUT2D eigenvalue weighted by atomic mass is 9.80. The number of nitrogens with zero attached hydrogens (tertiary/aromatic N) is 3. The molecule has 0 aliphatic rings. The zero-order valence-electron chi connectivity index (χ0n) is 17.4. The zero-order valence-corrected chi connectivity index (χ0v) is 18.3. The maximum atomic E-state index is 11.0. The van der Waals surface area contributed by atoms with Crippen molar-refractivity contribution in [3.63, 3.8) is 0 Å². The van der Waals surface area contributed by atoms with Gasteiger partial charge in [0, 0.05) is 16.2 Å². The third-order valence-corrected chi connectivity index (χ3v) is 5.67. The van der Waals surface area contributed by atoms with E-state index in [0.29, 0.717) is 11.4 Å². The van der Waals surface area contributed by atoms with E-state index in [1.165, 1.54) is 4.80 Å². The van der Waals surface area contributed by atoms with Gasteiger partial charge >= 0.3 is 0 Å². The standard InChI is InChI=1S/C22H29N3O2S/c1-21(2,3)14-11-16(22(4,5)6)20(27)19(12-14)25-23-17-8-7-15(28-10-9-26)13-18(17)24-25/h7-8,11-13,26-27H,9-10H2,1-6H3. The number of aromatic nitrogens is 3. The van der Waals surface area contributed by atoms with E-state index in [4.69, 9.17) is 5.11 Å². The average Bonchev–Trinajstić information content (AvgIpc) is 3.01. The van der Waals surface area contributed by atoms with E-state index in [9.17, 15) is 5.11 Å². The number of aliphatic hydroxyl groups excluding tert-OH is 1. The first-order valence-corrected chi connectivity index (χ1v) is 10.5. The van der Waals surface area contributed by atoms with Crippen molar-refractivity contribution in [1.82, 2.24) is 15.0 Å². The van der Waals surface area contributed by atoms with E-state index < -0.39 is 0 Å². The van der Waals surface area contributed by atoms with E-state index in [2.05, 4.69) is 57.8 Å². The van der Waals surface area contributed by atoms with Gasteiger partial charge in [-0.15, -0.1) is 26.8 Å². The Morgan fingerprint density at radius 3 is 2.21 bits per heavy atom. The summed E-state index contributed by atoms with van der Waals surface area (Å²) >= 11 is 1.58. The molecule has 0 aliphatic heterocycles. The van der Waals surface area contributed by atoms with Crippen molar-refractivity contribution in [2.24, 2.45) is 0 Å². The fourth-order valence-corrected chi connectivity index (χ4v) is 3.72. The van der Waals surface area contributed by atoms with Crippen LogP contribution in [0.3, 0.4) is 0 Å².